The lowest BCUT2D eigenvalue weighted by atomic mass is 10.0. The molecular weight excluding hydrogens is 334 g/mol. The van der Waals surface area contributed by atoms with Crippen LogP contribution in [0.25, 0.3) is 0 Å². The van der Waals surface area contributed by atoms with E-state index < -0.39 is 34.6 Å². The normalized spacial score (nSPS) is 19.9. The van der Waals surface area contributed by atoms with Crippen LogP contribution in [0, 0.1) is 21.7 Å². The average Bonchev–Trinajstić information content (AvgIpc) is 2.98. The first-order valence-electron chi connectivity index (χ1n) is 7.55. The summed E-state index contributed by atoms with van der Waals surface area (Å²) >= 11 is 0. The zero-order valence-electron chi connectivity index (χ0n) is 12.9. The number of nitro groups is 1. The van der Waals surface area contributed by atoms with Crippen LogP contribution in [0.3, 0.4) is 0 Å². The predicted octanol–water partition coefficient (Wildman–Crippen LogP) is 2.82. The minimum absolute atomic E-state index is 0.0321. The lowest BCUT2D eigenvalue weighted by Gasteiger charge is -2.25. The van der Waals surface area contributed by atoms with Crippen LogP contribution in [0.15, 0.2) is 42.5 Å². The van der Waals surface area contributed by atoms with Crippen LogP contribution in [0.2, 0.25) is 0 Å². The fourth-order valence-electron chi connectivity index (χ4n) is 3.02. The van der Waals surface area contributed by atoms with Gasteiger partial charge >= 0.3 is 0 Å². The molecule has 0 saturated carbocycles. The molecule has 0 bridgehead atoms. The van der Waals surface area contributed by atoms with Gasteiger partial charge in [0.25, 0.3) is 11.6 Å². The molecule has 0 aromatic heterocycles. The molecule has 2 aromatic rings. The number of amides is 1. The summed E-state index contributed by atoms with van der Waals surface area (Å²) in [6.07, 6.45) is -0.837. The molecule has 1 heterocycles. The van der Waals surface area contributed by atoms with Crippen molar-refractivity contribution in [1.82, 2.24) is 4.90 Å². The Labute approximate surface area is 141 Å². The Balaban J connectivity index is 1.96. The molecule has 0 spiro atoms. The molecule has 2 unspecified atom stereocenters. The number of likely N-dealkylation sites (tertiary alicyclic amines) is 1. The van der Waals surface area contributed by atoms with Crippen molar-refractivity contribution in [2.75, 3.05) is 6.54 Å². The Bertz CT molecular complexity index is 843. The van der Waals surface area contributed by atoms with E-state index in [1.165, 1.54) is 23.1 Å². The highest BCUT2D eigenvalue weighted by Crippen LogP contribution is 2.35. The first-order chi connectivity index (χ1) is 11.9. The zero-order valence-corrected chi connectivity index (χ0v) is 12.9. The molecule has 6 nitrogen and oxygen atoms in total. The van der Waals surface area contributed by atoms with E-state index in [9.17, 15) is 28.8 Å². The molecule has 1 amide bonds. The van der Waals surface area contributed by atoms with Gasteiger partial charge in [0, 0.05) is 29.8 Å². The minimum atomic E-state index is -0.893. The van der Waals surface area contributed by atoms with Crippen LogP contribution >= 0.6 is 0 Å². The Morgan fingerprint density at radius 1 is 1.24 bits per heavy atom. The third-order valence-electron chi connectivity index (χ3n) is 4.16. The standard InChI is InChI=1S/C17H14F2N2O4/c18-11-4-5-15(19)14(7-11)16-8-13(22)9-20(16)17(23)10-2-1-3-12(6-10)21(24)25/h1-7,13,16,22H,8-9H2. The molecule has 2 atom stereocenters. The first-order valence-corrected chi connectivity index (χ1v) is 7.55. The number of carbonyl (C=O) groups is 1. The quantitative estimate of drug-likeness (QED) is 0.683. The van der Waals surface area contributed by atoms with E-state index in [1.54, 1.807) is 0 Å². The Morgan fingerprint density at radius 2 is 2.00 bits per heavy atom. The highest BCUT2D eigenvalue weighted by Gasteiger charge is 2.37. The number of rotatable bonds is 3. The minimum Gasteiger partial charge on any atom is -0.391 e. The monoisotopic (exact) mass is 348 g/mol. The van der Waals surface area contributed by atoms with Gasteiger partial charge in [0.05, 0.1) is 17.1 Å². The average molecular weight is 348 g/mol. The van der Waals surface area contributed by atoms with Crippen molar-refractivity contribution in [3.63, 3.8) is 0 Å². The molecule has 1 saturated heterocycles. The number of aliphatic hydroxyl groups excluding tert-OH is 1. The lowest BCUT2D eigenvalue weighted by Crippen LogP contribution is -2.32. The molecule has 25 heavy (non-hydrogen) atoms. The molecule has 130 valence electrons. The van der Waals surface area contributed by atoms with Crippen LogP contribution in [0.5, 0.6) is 0 Å². The van der Waals surface area contributed by atoms with Crippen LogP contribution < -0.4 is 0 Å². The largest absolute Gasteiger partial charge is 0.391 e. The summed E-state index contributed by atoms with van der Waals surface area (Å²) < 4.78 is 27.6. The molecule has 0 aliphatic carbocycles. The van der Waals surface area contributed by atoms with Crippen molar-refractivity contribution in [2.45, 2.75) is 18.6 Å². The third kappa shape index (κ3) is 3.34. The number of hydrogen-bond acceptors (Lipinski definition) is 4. The Morgan fingerprint density at radius 3 is 2.72 bits per heavy atom. The molecule has 0 radical (unpaired) electrons. The second-order valence-electron chi connectivity index (χ2n) is 5.84. The van der Waals surface area contributed by atoms with Gasteiger partial charge in [0.1, 0.15) is 11.6 Å². The topological polar surface area (TPSA) is 83.7 Å². The fraction of sp³-hybridized carbons (Fsp3) is 0.235. The summed E-state index contributed by atoms with van der Waals surface area (Å²) in [6.45, 7) is -0.0673. The fourth-order valence-corrected chi connectivity index (χ4v) is 3.02. The molecule has 2 aromatic carbocycles. The smallest absolute Gasteiger partial charge is 0.270 e. The van der Waals surface area contributed by atoms with Gasteiger partial charge in [0.15, 0.2) is 0 Å². The number of carbonyl (C=O) groups excluding carboxylic acids is 1. The summed E-state index contributed by atoms with van der Waals surface area (Å²) in [5.74, 6) is -1.92. The van der Waals surface area contributed by atoms with Gasteiger partial charge in [-0.1, -0.05) is 6.07 Å². The van der Waals surface area contributed by atoms with Crippen molar-refractivity contribution >= 4 is 11.6 Å². The number of halogens is 2. The summed E-state index contributed by atoms with van der Waals surface area (Å²) in [7, 11) is 0. The van der Waals surface area contributed by atoms with Gasteiger partial charge in [-0.2, -0.15) is 0 Å². The van der Waals surface area contributed by atoms with Gasteiger partial charge in [-0.3, -0.25) is 14.9 Å². The van der Waals surface area contributed by atoms with E-state index >= 15 is 0 Å². The summed E-state index contributed by atoms with van der Waals surface area (Å²) in [4.78, 5) is 24.2. The number of β-amino-alcohol motifs (C(OH)–C–C–N with tert-alkyl or cyclic N) is 1. The van der Waals surface area contributed by atoms with Crippen LogP contribution in [0.1, 0.15) is 28.4 Å². The van der Waals surface area contributed by atoms with Gasteiger partial charge in [-0.05, 0) is 30.7 Å². The number of hydrogen-bond donors (Lipinski definition) is 1. The Hall–Kier alpha value is -2.87. The van der Waals surface area contributed by atoms with Crippen LogP contribution in [0.4, 0.5) is 14.5 Å². The molecular formula is C17H14F2N2O4. The molecule has 1 aliphatic heterocycles. The van der Waals surface area contributed by atoms with Crippen molar-refractivity contribution in [3.05, 3.63) is 75.3 Å². The van der Waals surface area contributed by atoms with E-state index in [4.69, 9.17) is 0 Å². The van der Waals surface area contributed by atoms with Gasteiger partial charge in [-0.15, -0.1) is 0 Å². The predicted molar refractivity (Wildman–Crippen MR) is 83.9 cm³/mol. The van der Waals surface area contributed by atoms with Crippen molar-refractivity contribution < 1.29 is 23.6 Å². The van der Waals surface area contributed by atoms with Gasteiger partial charge in [-0.25, -0.2) is 8.78 Å². The van der Waals surface area contributed by atoms with E-state index in [2.05, 4.69) is 0 Å². The molecule has 8 heteroatoms. The number of benzene rings is 2. The highest BCUT2D eigenvalue weighted by molar-refractivity contribution is 5.95. The van der Waals surface area contributed by atoms with Crippen molar-refractivity contribution in [2.24, 2.45) is 0 Å². The third-order valence-corrected chi connectivity index (χ3v) is 4.16. The maximum absolute atomic E-state index is 14.1. The number of nitro benzene ring substituents is 1. The maximum Gasteiger partial charge on any atom is 0.270 e. The number of aliphatic hydroxyl groups is 1. The SMILES string of the molecule is O=C(c1cccc([N+](=O)[O-])c1)N1CC(O)CC1c1cc(F)ccc1F. The van der Waals surface area contributed by atoms with E-state index in [1.807, 2.05) is 0 Å². The van der Waals surface area contributed by atoms with Gasteiger partial charge in [0.2, 0.25) is 0 Å². The summed E-state index contributed by atoms with van der Waals surface area (Å²) in [5.41, 5.74) is -0.237. The lowest BCUT2D eigenvalue weighted by molar-refractivity contribution is -0.384. The molecule has 1 aliphatic rings. The molecule has 1 N–H and O–H groups in total. The van der Waals surface area contributed by atoms with Crippen molar-refractivity contribution in [1.29, 1.82) is 0 Å². The second kappa shape index (κ2) is 6.56. The summed E-state index contributed by atoms with van der Waals surface area (Å²) in [6, 6.07) is 7.21. The van der Waals surface area contributed by atoms with E-state index in [-0.39, 0.29) is 29.8 Å². The Kier molecular flexibility index (Phi) is 4.45. The van der Waals surface area contributed by atoms with E-state index in [0.717, 1.165) is 24.3 Å². The van der Waals surface area contributed by atoms with Crippen LogP contribution in [-0.2, 0) is 0 Å². The maximum atomic E-state index is 14.1. The van der Waals surface area contributed by atoms with Gasteiger partial charge < -0.3 is 10.0 Å². The number of nitrogens with zero attached hydrogens (tertiary/aromatic N) is 2. The second-order valence-corrected chi connectivity index (χ2v) is 5.84. The zero-order chi connectivity index (χ0) is 18.1. The van der Waals surface area contributed by atoms with Crippen LogP contribution in [-0.4, -0.2) is 33.5 Å². The molecule has 3 rings (SSSR count). The van der Waals surface area contributed by atoms with E-state index in [0.29, 0.717) is 0 Å². The van der Waals surface area contributed by atoms with Crippen molar-refractivity contribution in [3.8, 4) is 0 Å². The first kappa shape index (κ1) is 17.0. The highest BCUT2D eigenvalue weighted by atomic mass is 19.1. The summed E-state index contributed by atoms with van der Waals surface area (Å²) in [5, 5.41) is 20.8. The number of non-ortho nitro benzene ring substituents is 1. The molecule has 1 fully saturated rings.